The van der Waals surface area contributed by atoms with E-state index in [9.17, 15) is 19.8 Å². The zero-order chi connectivity index (χ0) is 26.3. The molecule has 1 heterocycles. The number of phenols is 1. The van der Waals surface area contributed by atoms with Crippen LogP contribution < -0.4 is 21.5 Å². The molecule has 8 nitrogen and oxygen atoms in total. The second-order valence-electron chi connectivity index (χ2n) is 11.7. The summed E-state index contributed by atoms with van der Waals surface area (Å²) >= 11 is 0. The van der Waals surface area contributed by atoms with Crippen LogP contribution in [0.4, 0.5) is 10.5 Å². The SMILES string of the molecule is O=C(Nc1cccc(CCNC[C@H](O)c2ccc(O)c3[nH]c(=O)ccc23)c1)NC12CC3CC(CC(C3)C1)C2. The Balaban J connectivity index is 1.01. The fourth-order valence-corrected chi connectivity index (χ4v) is 7.60. The number of benzene rings is 2. The van der Waals surface area contributed by atoms with Crippen molar-refractivity contribution >= 4 is 22.6 Å². The first-order valence-corrected chi connectivity index (χ1v) is 13.8. The maximum atomic E-state index is 12.9. The summed E-state index contributed by atoms with van der Waals surface area (Å²) in [6.45, 7) is 0.969. The van der Waals surface area contributed by atoms with Crippen molar-refractivity contribution in [3.8, 4) is 5.75 Å². The Hall–Kier alpha value is -3.36. The average molecular weight is 517 g/mol. The van der Waals surface area contributed by atoms with Gasteiger partial charge in [0.1, 0.15) is 5.75 Å². The molecule has 7 rings (SSSR count). The zero-order valence-corrected chi connectivity index (χ0v) is 21.5. The van der Waals surface area contributed by atoms with E-state index in [-0.39, 0.29) is 22.9 Å². The van der Waals surface area contributed by atoms with E-state index in [1.165, 1.54) is 31.4 Å². The zero-order valence-electron chi connectivity index (χ0n) is 21.5. The van der Waals surface area contributed by atoms with Gasteiger partial charge in [0.15, 0.2) is 0 Å². The first-order chi connectivity index (χ1) is 18.4. The molecule has 1 aromatic heterocycles. The van der Waals surface area contributed by atoms with Crippen LogP contribution in [0.1, 0.15) is 55.8 Å². The molecule has 8 heteroatoms. The Kier molecular flexibility index (Phi) is 6.61. The van der Waals surface area contributed by atoms with Gasteiger partial charge in [-0.25, -0.2) is 4.79 Å². The normalized spacial score (nSPS) is 26.4. The minimum Gasteiger partial charge on any atom is -0.506 e. The van der Waals surface area contributed by atoms with Crippen LogP contribution in [-0.4, -0.2) is 39.9 Å². The maximum absolute atomic E-state index is 12.9. The van der Waals surface area contributed by atoms with Crippen molar-refractivity contribution in [3.05, 3.63) is 70.0 Å². The van der Waals surface area contributed by atoms with Crippen LogP contribution in [0.15, 0.2) is 53.3 Å². The van der Waals surface area contributed by atoms with Gasteiger partial charge in [-0.1, -0.05) is 18.2 Å². The Labute approximate surface area is 221 Å². The number of nitrogens with one attached hydrogen (secondary N) is 4. The molecule has 4 aliphatic rings. The van der Waals surface area contributed by atoms with Gasteiger partial charge in [0.25, 0.3) is 0 Å². The number of anilines is 1. The van der Waals surface area contributed by atoms with E-state index >= 15 is 0 Å². The highest BCUT2D eigenvalue weighted by Crippen LogP contribution is 2.55. The lowest BCUT2D eigenvalue weighted by molar-refractivity contribution is -0.0127. The summed E-state index contributed by atoms with van der Waals surface area (Å²) in [4.78, 5) is 27.2. The number of urea groups is 1. The van der Waals surface area contributed by atoms with E-state index in [4.69, 9.17) is 0 Å². The first kappa shape index (κ1) is 24.9. The number of fused-ring (bicyclic) bond motifs is 1. The predicted octanol–water partition coefficient (Wildman–Crippen LogP) is 4.19. The molecule has 2 amide bonds. The fraction of sp³-hybridized carbons (Fsp3) is 0.467. The number of aliphatic hydroxyl groups excluding tert-OH is 1. The molecule has 38 heavy (non-hydrogen) atoms. The molecule has 2 aromatic carbocycles. The molecular weight excluding hydrogens is 480 g/mol. The Morgan fingerprint density at radius 3 is 2.50 bits per heavy atom. The van der Waals surface area contributed by atoms with Crippen LogP contribution in [0.3, 0.4) is 0 Å². The summed E-state index contributed by atoms with van der Waals surface area (Å²) in [7, 11) is 0. The average Bonchev–Trinajstić information content (AvgIpc) is 2.86. The van der Waals surface area contributed by atoms with Crippen molar-refractivity contribution in [1.82, 2.24) is 15.6 Å². The quantitative estimate of drug-likeness (QED) is 0.250. The van der Waals surface area contributed by atoms with Crippen LogP contribution in [0.5, 0.6) is 5.75 Å². The number of rotatable bonds is 8. The number of H-pyrrole nitrogens is 1. The van der Waals surface area contributed by atoms with Crippen molar-refractivity contribution in [1.29, 1.82) is 0 Å². The summed E-state index contributed by atoms with van der Waals surface area (Å²) in [5.74, 6) is 2.33. The van der Waals surface area contributed by atoms with E-state index in [0.29, 0.717) is 29.6 Å². The summed E-state index contributed by atoms with van der Waals surface area (Å²) < 4.78 is 0. The fourth-order valence-electron chi connectivity index (χ4n) is 7.60. The molecule has 6 N–H and O–H groups in total. The molecule has 0 aliphatic heterocycles. The summed E-state index contributed by atoms with van der Waals surface area (Å²) in [5, 5.41) is 31.1. The Morgan fingerprint density at radius 1 is 1.03 bits per heavy atom. The van der Waals surface area contributed by atoms with Gasteiger partial charge in [-0.3, -0.25) is 4.79 Å². The summed E-state index contributed by atoms with van der Waals surface area (Å²) in [5.41, 5.74) is 2.52. The molecule has 0 spiro atoms. The van der Waals surface area contributed by atoms with Crippen LogP contribution in [-0.2, 0) is 6.42 Å². The second kappa shape index (κ2) is 10.1. The van der Waals surface area contributed by atoms with Gasteiger partial charge in [-0.2, -0.15) is 0 Å². The molecule has 0 radical (unpaired) electrons. The van der Waals surface area contributed by atoms with Crippen molar-refractivity contribution in [2.75, 3.05) is 18.4 Å². The number of phenolic OH excluding ortho intramolecular Hbond substituents is 1. The molecule has 4 bridgehead atoms. The highest BCUT2D eigenvalue weighted by atomic mass is 16.3. The van der Waals surface area contributed by atoms with Crippen LogP contribution in [0.2, 0.25) is 0 Å². The van der Waals surface area contributed by atoms with Gasteiger partial charge < -0.3 is 31.1 Å². The number of pyridine rings is 1. The van der Waals surface area contributed by atoms with Gasteiger partial charge in [-0.15, -0.1) is 0 Å². The van der Waals surface area contributed by atoms with Gasteiger partial charge in [0.2, 0.25) is 5.56 Å². The van der Waals surface area contributed by atoms with Crippen LogP contribution in [0.25, 0.3) is 10.9 Å². The van der Waals surface area contributed by atoms with E-state index < -0.39 is 6.10 Å². The van der Waals surface area contributed by atoms with Crippen molar-refractivity contribution in [3.63, 3.8) is 0 Å². The number of hydrogen-bond donors (Lipinski definition) is 6. The van der Waals surface area contributed by atoms with Crippen molar-refractivity contribution in [2.45, 2.75) is 56.6 Å². The third kappa shape index (κ3) is 5.15. The monoisotopic (exact) mass is 516 g/mol. The van der Waals surface area contributed by atoms with Crippen LogP contribution >= 0.6 is 0 Å². The minimum atomic E-state index is -0.801. The topological polar surface area (TPSA) is 126 Å². The highest BCUT2D eigenvalue weighted by Gasteiger charge is 2.51. The summed E-state index contributed by atoms with van der Waals surface area (Å²) in [6.07, 6.45) is 7.37. The summed E-state index contributed by atoms with van der Waals surface area (Å²) in [6, 6.07) is 14.0. The number of carbonyl (C=O) groups is 1. The predicted molar refractivity (Wildman–Crippen MR) is 147 cm³/mol. The van der Waals surface area contributed by atoms with Gasteiger partial charge in [0.05, 0.1) is 11.6 Å². The number of amides is 2. The number of hydrogen-bond acceptors (Lipinski definition) is 5. The molecule has 3 aromatic rings. The molecule has 4 aliphatic carbocycles. The minimum absolute atomic E-state index is 0.0146. The van der Waals surface area contributed by atoms with E-state index in [2.05, 4.69) is 20.9 Å². The molecule has 0 unspecified atom stereocenters. The Bertz CT molecular complexity index is 1370. The first-order valence-electron chi connectivity index (χ1n) is 13.8. The van der Waals surface area contributed by atoms with E-state index in [1.807, 2.05) is 24.3 Å². The van der Waals surface area contributed by atoms with E-state index in [0.717, 1.165) is 54.7 Å². The van der Waals surface area contributed by atoms with Crippen LogP contribution in [0, 0.1) is 17.8 Å². The molecule has 200 valence electrons. The maximum Gasteiger partial charge on any atom is 0.319 e. The molecule has 4 fully saturated rings. The lowest BCUT2D eigenvalue weighted by atomic mass is 9.53. The third-order valence-corrected chi connectivity index (χ3v) is 8.80. The highest BCUT2D eigenvalue weighted by molar-refractivity contribution is 5.90. The number of aliphatic hydroxyl groups is 1. The molecular formula is C30H36N4O4. The molecule has 1 atom stereocenters. The largest absolute Gasteiger partial charge is 0.506 e. The van der Waals surface area contributed by atoms with Gasteiger partial charge >= 0.3 is 6.03 Å². The van der Waals surface area contributed by atoms with Crippen molar-refractivity contribution in [2.24, 2.45) is 17.8 Å². The second-order valence-corrected chi connectivity index (χ2v) is 11.7. The van der Waals surface area contributed by atoms with Gasteiger partial charge in [0, 0.05) is 29.2 Å². The number of aromatic amines is 1. The Morgan fingerprint density at radius 2 is 1.76 bits per heavy atom. The lowest BCUT2D eigenvalue weighted by Crippen LogP contribution is -2.60. The number of aromatic hydroxyl groups is 1. The number of aromatic nitrogens is 1. The van der Waals surface area contributed by atoms with Gasteiger partial charge in [-0.05, 0) is 105 Å². The standard InChI is InChI=1S/C30H36N4O4/c35-25-6-4-23(24-5-7-27(37)33-28(24)25)26(36)17-31-9-8-18-2-1-3-22(13-18)32-29(38)34-30-14-19-10-20(15-30)12-21(11-19)16-30/h1-7,13,19-21,26,31,35-36H,8-12,14-17H2,(H,33,37)(H2,32,34,38)/t19?,20?,21?,26-,30?/m0/s1. The van der Waals surface area contributed by atoms with Crippen molar-refractivity contribution < 1.29 is 15.0 Å². The van der Waals surface area contributed by atoms with E-state index in [1.54, 1.807) is 12.1 Å². The molecule has 4 saturated carbocycles. The molecule has 0 saturated heterocycles. The third-order valence-electron chi connectivity index (χ3n) is 8.80. The lowest BCUT2D eigenvalue weighted by Gasteiger charge is -2.56. The number of carbonyl (C=O) groups excluding carboxylic acids is 1. The smallest absolute Gasteiger partial charge is 0.319 e.